The lowest BCUT2D eigenvalue weighted by Crippen LogP contribution is -2.16. The molecule has 0 fully saturated rings. The molecule has 284 valence electrons. The first-order chi connectivity index (χ1) is 29.5. The van der Waals surface area contributed by atoms with E-state index < -0.39 is 0 Å². The third-order valence-corrected chi connectivity index (χ3v) is 12.5. The summed E-state index contributed by atoms with van der Waals surface area (Å²) in [7, 11) is 0. The lowest BCUT2D eigenvalue weighted by atomic mass is 9.82. The number of nitrogens with zero attached hydrogens (tertiary/aromatic N) is 2. The molecule has 4 nitrogen and oxygen atoms in total. The molecule has 0 atom stereocenters. The van der Waals surface area contributed by atoms with Crippen molar-refractivity contribution in [3.8, 4) is 44.8 Å². The van der Waals surface area contributed by atoms with Gasteiger partial charge in [-0.1, -0.05) is 141 Å². The van der Waals surface area contributed by atoms with Crippen LogP contribution < -0.4 is 4.90 Å². The maximum Gasteiger partial charge on any atom is 0.227 e. The summed E-state index contributed by atoms with van der Waals surface area (Å²) in [6, 6.07) is 69.4. The third-order valence-electron chi connectivity index (χ3n) is 12.5. The highest BCUT2D eigenvalue weighted by atomic mass is 16.4. The van der Waals surface area contributed by atoms with Crippen molar-refractivity contribution < 1.29 is 8.83 Å². The fourth-order valence-electron chi connectivity index (χ4n) is 9.50. The molecule has 0 spiro atoms. The van der Waals surface area contributed by atoms with Gasteiger partial charge in [-0.15, -0.1) is 0 Å². The molecule has 0 saturated carbocycles. The number of anilines is 3. The summed E-state index contributed by atoms with van der Waals surface area (Å²) >= 11 is 0. The maximum absolute atomic E-state index is 6.48. The first-order valence-electron chi connectivity index (χ1n) is 20.5. The van der Waals surface area contributed by atoms with Gasteiger partial charge < -0.3 is 13.7 Å². The molecule has 9 aromatic carbocycles. The van der Waals surface area contributed by atoms with Crippen LogP contribution in [0.2, 0.25) is 0 Å². The number of para-hydroxylation sites is 1. The number of hydrogen-bond acceptors (Lipinski definition) is 4. The molecular formula is C56H38N2O2. The minimum atomic E-state index is -0.132. The van der Waals surface area contributed by atoms with Crippen LogP contribution in [-0.2, 0) is 5.41 Å². The van der Waals surface area contributed by atoms with Crippen LogP contribution >= 0.6 is 0 Å². The van der Waals surface area contributed by atoms with Crippen molar-refractivity contribution in [1.82, 2.24) is 4.98 Å². The highest BCUT2D eigenvalue weighted by molar-refractivity contribution is 6.10. The van der Waals surface area contributed by atoms with Gasteiger partial charge in [-0.25, -0.2) is 4.98 Å². The molecule has 0 saturated heterocycles. The molecule has 1 aliphatic carbocycles. The molecule has 12 rings (SSSR count). The van der Waals surface area contributed by atoms with Gasteiger partial charge in [-0.3, -0.25) is 0 Å². The number of furan rings is 1. The van der Waals surface area contributed by atoms with Crippen molar-refractivity contribution in [2.75, 3.05) is 4.90 Å². The van der Waals surface area contributed by atoms with Gasteiger partial charge in [0, 0.05) is 44.8 Å². The summed E-state index contributed by atoms with van der Waals surface area (Å²) in [5.74, 6) is 0.606. The molecular weight excluding hydrogens is 733 g/mol. The number of fused-ring (bicyclic) bond motifs is 8. The zero-order chi connectivity index (χ0) is 40.0. The topological polar surface area (TPSA) is 42.4 Å². The Bertz CT molecular complexity index is 3460. The van der Waals surface area contributed by atoms with E-state index >= 15 is 0 Å². The lowest BCUT2D eigenvalue weighted by Gasteiger charge is -2.30. The van der Waals surface area contributed by atoms with Crippen molar-refractivity contribution in [3.05, 3.63) is 205 Å². The Morgan fingerprint density at radius 3 is 1.98 bits per heavy atom. The van der Waals surface area contributed by atoms with Crippen LogP contribution in [0.25, 0.3) is 88.6 Å². The Morgan fingerprint density at radius 1 is 0.417 bits per heavy atom. The van der Waals surface area contributed by atoms with E-state index in [2.05, 4.69) is 176 Å². The molecule has 1 aliphatic rings. The standard InChI is InChI=1S/C56H38N2O2/c1-56(2)48-21-10-8-18-43(48)44-30-28-40(32-49(44)56)58(51-22-11-9-19-45(51)42-20-12-16-36-13-6-7-17-41(36)42)39-26-23-35(24-27-39)38-25-29-46-47-33-50-54(34-53(47)59-52(46)31-38)60-55(57-50)37-14-4-3-5-15-37/h3-34H,1-2H3. The average molecular weight is 771 g/mol. The van der Waals surface area contributed by atoms with E-state index in [4.69, 9.17) is 13.8 Å². The lowest BCUT2D eigenvalue weighted by molar-refractivity contribution is 0.617. The van der Waals surface area contributed by atoms with Crippen LogP contribution in [0.5, 0.6) is 0 Å². The first-order valence-corrected chi connectivity index (χ1v) is 20.5. The predicted octanol–water partition coefficient (Wildman–Crippen LogP) is 15.7. The van der Waals surface area contributed by atoms with Crippen LogP contribution in [0.4, 0.5) is 17.1 Å². The van der Waals surface area contributed by atoms with Crippen LogP contribution in [0.1, 0.15) is 25.0 Å². The average Bonchev–Trinajstić information content (AvgIpc) is 3.95. The summed E-state index contributed by atoms with van der Waals surface area (Å²) in [5, 5.41) is 4.53. The first kappa shape index (κ1) is 34.4. The number of aromatic nitrogens is 1. The van der Waals surface area contributed by atoms with Crippen molar-refractivity contribution in [3.63, 3.8) is 0 Å². The SMILES string of the molecule is CC1(C)c2ccccc2-c2ccc(N(c3ccc(-c4ccc5c(c4)oc4cc6oc(-c7ccccc7)nc6cc45)cc3)c3ccccc3-c3cccc4ccccc34)cc21. The van der Waals surface area contributed by atoms with Gasteiger partial charge in [-0.05, 0) is 110 Å². The summed E-state index contributed by atoms with van der Waals surface area (Å²) in [5.41, 5.74) is 17.2. The van der Waals surface area contributed by atoms with Crippen molar-refractivity contribution in [2.24, 2.45) is 0 Å². The van der Waals surface area contributed by atoms with Crippen LogP contribution in [0, 0.1) is 0 Å². The van der Waals surface area contributed by atoms with E-state index in [9.17, 15) is 0 Å². The Labute approximate surface area is 347 Å². The fraction of sp³-hybridized carbons (Fsp3) is 0.0536. The molecule has 0 radical (unpaired) electrons. The van der Waals surface area contributed by atoms with E-state index in [-0.39, 0.29) is 5.41 Å². The molecule has 11 aromatic rings. The summed E-state index contributed by atoms with van der Waals surface area (Å²) in [4.78, 5) is 7.23. The predicted molar refractivity (Wildman–Crippen MR) is 247 cm³/mol. The van der Waals surface area contributed by atoms with Crippen LogP contribution in [-0.4, -0.2) is 4.98 Å². The van der Waals surface area contributed by atoms with Gasteiger partial charge in [0.2, 0.25) is 5.89 Å². The Hall–Kier alpha value is -7.69. The molecule has 0 amide bonds. The Kier molecular flexibility index (Phi) is 7.54. The molecule has 0 bridgehead atoms. The molecule has 2 aromatic heterocycles. The number of oxazole rings is 1. The Balaban J connectivity index is 0.962. The third kappa shape index (κ3) is 5.34. The van der Waals surface area contributed by atoms with Gasteiger partial charge in [0.1, 0.15) is 16.7 Å². The van der Waals surface area contributed by atoms with Gasteiger partial charge in [0.25, 0.3) is 0 Å². The molecule has 0 aliphatic heterocycles. The van der Waals surface area contributed by atoms with E-state index in [1.54, 1.807) is 0 Å². The quantitative estimate of drug-likeness (QED) is 0.169. The number of hydrogen-bond donors (Lipinski definition) is 0. The fourth-order valence-corrected chi connectivity index (χ4v) is 9.50. The molecule has 2 heterocycles. The molecule has 60 heavy (non-hydrogen) atoms. The van der Waals surface area contributed by atoms with E-state index in [1.807, 2.05) is 36.4 Å². The zero-order valence-corrected chi connectivity index (χ0v) is 33.2. The van der Waals surface area contributed by atoms with Gasteiger partial charge in [0.05, 0.1) is 5.69 Å². The van der Waals surface area contributed by atoms with Crippen molar-refractivity contribution in [1.29, 1.82) is 0 Å². The zero-order valence-electron chi connectivity index (χ0n) is 33.2. The van der Waals surface area contributed by atoms with Crippen molar-refractivity contribution in [2.45, 2.75) is 19.3 Å². The normalized spacial score (nSPS) is 13.0. The molecule has 0 N–H and O–H groups in total. The minimum Gasteiger partial charge on any atom is -0.456 e. The second-order valence-corrected chi connectivity index (χ2v) is 16.3. The smallest absolute Gasteiger partial charge is 0.227 e. The van der Waals surface area contributed by atoms with Crippen LogP contribution in [0.3, 0.4) is 0 Å². The monoisotopic (exact) mass is 770 g/mol. The van der Waals surface area contributed by atoms with Gasteiger partial charge >= 0.3 is 0 Å². The minimum absolute atomic E-state index is 0.132. The van der Waals surface area contributed by atoms with Gasteiger partial charge in [-0.2, -0.15) is 0 Å². The van der Waals surface area contributed by atoms with E-state index in [0.717, 1.165) is 61.2 Å². The highest BCUT2D eigenvalue weighted by Crippen LogP contribution is 2.51. The van der Waals surface area contributed by atoms with E-state index in [1.165, 1.54) is 44.2 Å². The van der Waals surface area contributed by atoms with Crippen LogP contribution in [0.15, 0.2) is 203 Å². The largest absolute Gasteiger partial charge is 0.456 e. The second-order valence-electron chi connectivity index (χ2n) is 16.3. The number of benzene rings is 9. The Morgan fingerprint density at radius 2 is 1.10 bits per heavy atom. The number of rotatable bonds is 6. The van der Waals surface area contributed by atoms with Gasteiger partial charge in [0.15, 0.2) is 5.58 Å². The molecule has 4 heteroatoms. The second kappa shape index (κ2) is 13.2. The van der Waals surface area contributed by atoms with E-state index in [0.29, 0.717) is 11.5 Å². The summed E-state index contributed by atoms with van der Waals surface area (Å²) < 4.78 is 12.7. The maximum atomic E-state index is 6.48. The summed E-state index contributed by atoms with van der Waals surface area (Å²) in [6.07, 6.45) is 0. The molecule has 0 unspecified atom stereocenters. The van der Waals surface area contributed by atoms with Crippen molar-refractivity contribution >= 4 is 60.9 Å². The summed E-state index contributed by atoms with van der Waals surface area (Å²) in [6.45, 7) is 4.69. The highest BCUT2D eigenvalue weighted by Gasteiger charge is 2.36.